The summed E-state index contributed by atoms with van der Waals surface area (Å²) in [4.78, 5) is 4.52. The molecule has 1 N–H and O–H groups in total. The minimum absolute atomic E-state index is 0.0106. The van der Waals surface area contributed by atoms with Gasteiger partial charge in [0.1, 0.15) is 4.21 Å². The number of rotatable bonds is 4. The minimum Gasteiger partial charge on any atom is -0.440 e. The van der Waals surface area contributed by atoms with E-state index in [1.165, 1.54) is 12.3 Å². The summed E-state index contributed by atoms with van der Waals surface area (Å²) in [5.41, 5.74) is -0.812. The molecule has 0 unspecified atom stereocenters. The van der Waals surface area contributed by atoms with Gasteiger partial charge < -0.3 is 4.42 Å². The number of oxazole rings is 1. The number of thiophene rings is 1. The van der Waals surface area contributed by atoms with Crippen LogP contribution in [-0.2, 0) is 16.2 Å². The maximum atomic E-state index is 12.5. The highest BCUT2D eigenvalue weighted by molar-refractivity contribution is 7.94. The van der Waals surface area contributed by atoms with Gasteiger partial charge in [-0.05, 0) is 36.4 Å². The van der Waals surface area contributed by atoms with Gasteiger partial charge in [-0.3, -0.25) is 4.72 Å². The van der Waals surface area contributed by atoms with Crippen LogP contribution in [0.15, 0.2) is 51.2 Å². The second-order valence-corrected chi connectivity index (χ2v) is 8.04. The van der Waals surface area contributed by atoms with Gasteiger partial charge in [0.05, 0.1) is 16.6 Å². The Hall–Kier alpha value is -2.33. The molecule has 0 aliphatic rings. The molecule has 0 amide bonds. The standard InChI is InChI=1S/C15H11F3N2O3S2/c1-9-19-8-12(23-9)13-6-7-14(24-13)25(21,22)20-11-4-2-10(3-5-11)15(16,17)18/h2-8,20H,1H3. The normalized spacial score (nSPS) is 12.3. The van der Waals surface area contributed by atoms with Crippen molar-refractivity contribution >= 4 is 27.0 Å². The molecule has 3 rings (SSSR count). The third kappa shape index (κ3) is 3.85. The topological polar surface area (TPSA) is 72.2 Å². The molecule has 3 aromatic rings. The van der Waals surface area contributed by atoms with Crippen LogP contribution in [0.1, 0.15) is 11.5 Å². The van der Waals surface area contributed by atoms with Gasteiger partial charge in [-0.2, -0.15) is 13.2 Å². The lowest BCUT2D eigenvalue weighted by atomic mass is 10.2. The molecule has 0 aliphatic heterocycles. The zero-order chi connectivity index (χ0) is 18.2. The van der Waals surface area contributed by atoms with Crippen LogP contribution in [0, 0.1) is 6.92 Å². The van der Waals surface area contributed by atoms with Crippen LogP contribution in [0.2, 0.25) is 0 Å². The molecule has 2 aromatic heterocycles. The Morgan fingerprint density at radius 2 is 1.80 bits per heavy atom. The Balaban J connectivity index is 1.81. The summed E-state index contributed by atoms with van der Waals surface area (Å²) >= 11 is 0.969. The van der Waals surface area contributed by atoms with Crippen LogP contribution in [0.5, 0.6) is 0 Å². The van der Waals surface area contributed by atoms with E-state index >= 15 is 0 Å². The Morgan fingerprint density at radius 3 is 2.36 bits per heavy atom. The number of benzene rings is 1. The van der Waals surface area contributed by atoms with Gasteiger partial charge >= 0.3 is 6.18 Å². The zero-order valence-electron chi connectivity index (χ0n) is 12.7. The highest BCUT2D eigenvalue weighted by Crippen LogP contribution is 2.33. The van der Waals surface area contributed by atoms with Crippen LogP contribution >= 0.6 is 11.3 Å². The number of alkyl halides is 3. The van der Waals surface area contributed by atoms with Crippen molar-refractivity contribution in [2.45, 2.75) is 17.3 Å². The van der Waals surface area contributed by atoms with Crippen LogP contribution in [0.25, 0.3) is 10.6 Å². The maximum Gasteiger partial charge on any atom is 0.416 e. The Kier molecular flexibility index (Phi) is 4.33. The summed E-state index contributed by atoms with van der Waals surface area (Å²) in [6.45, 7) is 1.67. The highest BCUT2D eigenvalue weighted by Gasteiger charge is 2.30. The average molecular weight is 388 g/mol. The monoisotopic (exact) mass is 388 g/mol. The van der Waals surface area contributed by atoms with E-state index in [0.717, 1.165) is 35.6 Å². The van der Waals surface area contributed by atoms with Crippen molar-refractivity contribution in [2.75, 3.05) is 4.72 Å². The van der Waals surface area contributed by atoms with E-state index in [1.807, 2.05) is 0 Å². The average Bonchev–Trinajstić information content (AvgIpc) is 3.15. The molecule has 0 bridgehead atoms. The molecule has 2 heterocycles. The quantitative estimate of drug-likeness (QED) is 0.713. The van der Waals surface area contributed by atoms with Crippen molar-refractivity contribution in [1.29, 1.82) is 0 Å². The first-order valence-electron chi connectivity index (χ1n) is 6.88. The summed E-state index contributed by atoms with van der Waals surface area (Å²) in [7, 11) is -3.92. The largest absolute Gasteiger partial charge is 0.440 e. The van der Waals surface area contributed by atoms with Gasteiger partial charge in [0.15, 0.2) is 11.7 Å². The first kappa shape index (κ1) is 17.5. The van der Waals surface area contributed by atoms with E-state index < -0.39 is 21.8 Å². The fourth-order valence-corrected chi connectivity index (χ4v) is 4.32. The Labute approximate surface area is 145 Å². The minimum atomic E-state index is -4.48. The SMILES string of the molecule is Cc1ncc(-c2ccc(S(=O)(=O)Nc3ccc(C(F)(F)F)cc3)s2)o1. The fourth-order valence-electron chi connectivity index (χ4n) is 2.00. The van der Waals surface area contributed by atoms with E-state index in [1.54, 1.807) is 13.0 Å². The maximum absolute atomic E-state index is 12.5. The van der Waals surface area contributed by atoms with Crippen molar-refractivity contribution in [3.63, 3.8) is 0 Å². The van der Waals surface area contributed by atoms with Gasteiger partial charge in [0.2, 0.25) is 0 Å². The molecular weight excluding hydrogens is 377 g/mol. The fraction of sp³-hybridized carbons (Fsp3) is 0.133. The molecule has 132 valence electrons. The lowest BCUT2D eigenvalue weighted by Crippen LogP contribution is -2.12. The molecule has 0 saturated carbocycles. The predicted octanol–water partition coefficient (Wildman–Crippen LogP) is 4.53. The number of halogens is 3. The van der Waals surface area contributed by atoms with Crippen LogP contribution in [0.4, 0.5) is 18.9 Å². The van der Waals surface area contributed by atoms with Crippen LogP contribution in [0.3, 0.4) is 0 Å². The van der Waals surface area contributed by atoms with Gasteiger partial charge in [-0.25, -0.2) is 13.4 Å². The molecule has 0 spiro atoms. The van der Waals surface area contributed by atoms with E-state index in [9.17, 15) is 21.6 Å². The highest BCUT2D eigenvalue weighted by atomic mass is 32.2. The van der Waals surface area contributed by atoms with Crippen molar-refractivity contribution in [3.05, 3.63) is 54.0 Å². The number of nitrogens with zero attached hydrogens (tertiary/aromatic N) is 1. The Morgan fingerprint density at radius 1 is 1.12 bits per heavy atom. The summed E-state index contributed by atoms with van der Waals surface area (Å²) in [5, 5.41) is 0. The first-order chi connectivity index (χ1) is 11.6. The van der Waals surface area contributed by atoms with Gasteiger partial charge in [-0.1, -0.05) is 0 Å². The lowest BCUT2D eigenvalue weighted by Gasteiger charge is -2.09. The number of hydrogen-bond donors (Lipinski definition) is 1. The second-order valence-electron chi connectivity index (χ2n) is 5.04. The number of sulfonamides is 1. The molecule has 0 aliphatic carbocycles. The lowest BCUT2D eigenvalue weighted by molar-refractivity contribution is -0.137. The van der Waals surface area contributed by atoms with E-state index in [4.69, 9.17) is 4.42 Å². The Bertz CT molecular complexity index is 990. The van der Waals surface area contributed by atoms with Crippen LogP contribution < -0.4 is 4.72 Å². The zero-order valence-corrected chi connectivity index (χ0v) is 14.3. The van der Waals surface area contributed by atoms with Crippen molar-refractivity contribution in [2.24, 2.45) is 0 Å². The predicted molar refractivity (Wildman–Crippen MR) is 86.8 cm³/mol. The molecule has 0 radical (unpaired) electrons. The van der Waals surface area contributed by atoms with Crippen LogP contribution in [-0.4, -0.2) is 13.4 Å². The number of aromatic nitrogens is 1. The number of aryl methyl sites for hydroxylation is 1. The molecular formula is C15H11F3N2O3S2. The number of nitrogens with one attached hydrogen (secondary N) is 1. The first-order valence-corrected chi connectivity index (χ1v) is 9.18. The van der Waals surface area contributed by atoms with Crippen molar-refractivity contribution < 1.29 is 26.0 Å². The third-order valence-corrected chi connectivity index (χ3v) is 6.15. The molecule has 0 saturated heterocycles. The molecule has 5 nitrogen and oxygen atoms in total. The van der Waals surface area contributed by atoms with E-state index in [0.29, 0.717) is 16.5 Å². The van der Waals surface area contributed by atoms with Gasteiger partial charge in [0.25, 0.3) is 10.0 Å². The molecule has 0 fully saturated rings. The number of anilines is 1. The molecule has 25 heavy (non-hydrogen) atoms. The third-order valence-electron chi connectivity index (χ3n) is 3.17. The van der Waals surface area contributed by atoms with Crippen molar-refractivity contribution in [3.8, 4) is 10.6 Å². The summed E-state index contributed by atoms with van der Waals surface area (Å²) in [6.07, 6.45) is -2.99. The number of hydrogen-bond acceptors (Lipinski definition) is 5. The second kappa shape index (κ2) is 6.19. The van der Waals surface area contributed by atoms with Gasteiger partial charge in [0, 0.05) is 12.6 Å². The molecule has 1 aromatic carbocycles. The smallest absolute Gasteiger partial charge is 0.416 e. The van der Waals surface area contributed by atoms with Gasteiger partial charge in [-0.15, -0.1) is 11.3 Å². The summed E-state index contributed by atoms with van der Waals surface area (Å²) in [6, 6.07) is 6.73. The van der Waals surface area contributed by atoms with E-state index in [2.05, 4.69) is 9.71 Å². The summed E-state index contributed by atoms with van der Waals surface area (Å²) in [5.74, 6) is 0.897. The van der Waals surface area contributed by atoms with Crippen molar-refractivity contribution in [1.82, 2.24) is 4.98 Å². The van der Waals surface area contributed by atoms with E-state index in [-0.39, 0.29) is 9.90 Å². The molecule has 10 heteroatoms. The molecule has 0 atom stereocenters. The summed E-state index contributed by atoms with van der Waals surface area (Å²) < 4.78 is 69.9.